The van der Waals surface area contributed by atoms with Crippen LogP contribution in [0.5, 0.6) is 0 Å². The van der Waals surface area contributed by atoms with Crippen LogP contribution in [0.4, 0.5) is 13.2 Å². The second-order valence-electron chi connectivity index (χ2n) is 8.63. The Morgan fingerprint density at radius 2 is 1.86 bits per heavy atom. The summed E-state index contributed by atoms with van der Waals surface area (Å²) in [6, 6.07) is 7.43. The molecular weight excluding hydrogens is 519 g/mol. The minimum Gasteiger partial charge on any atom is -0.352 e. The van der Waals surface area contributed by atoms with Gasteiger partial charge in [0.2, 0.25) is 5.91 Å². The lowest BCUT2D eigenvalue weighted by atomic mass is 10.0. The average Bonchev–Trinajstić information content (AvgIpc) is 3.22. The number of rotatable bonds is 8. The zero-order valence-corrected chi connectivity index (χ0v) is 21.4. The molecule has 1 heterocycles. The third-order valence-corrected chi connectivity index (χ3v) is 7.99. The molecule has 2 N–H and O–H groups in total. The van der Waals surface area contributed by atoms with Crippen LogP contribution >= 0.6 is 11.6 Å². The Morgan fingerprint density at radius 1 is 1.14 bits per heavy atom. The van der Waals surface area contributed by atoms with Gasteiger partial charge < -0.3 is 10.6 Å². The molecule has 12 heteroatoms. The second kappa shape index (κ2) is 11.2. The van der Waals surface area contributed by atoms with E-state index in [1.165, 1.54) is 44.2 Å². The van der Waals surface area contributed by atoms with Crippen molar-refractivity contribution < 1.29 is 31.2 Å². The Hall–Kier alpha value is -2.63. The first kappa shape index (κ1) is 27.9. The molecule has 1 atom stereocenters. The molecule has 3 rings (SSSR count). The van der Waals surface area contributed by atoms with Crippen LogP contribution in [0.15, 0.2) is 41.3 Å². The Labute approximate surface area is 212 Å². The summed E-state index contributed by atoms with van der Waals surface area (Å²) >= 11 is 5.98. The third kappa shape index (κ3) is 6.98. The Balaban J connectivity index is 1.78. The summed E-state index contributed by atoms with van der Waals surface area (Å²) in [6.07, 6.45) is -4.04. The molecule has 1 unspecified atom stereocenters. The minimum absolute atomic E-state index is 0.00390. The zero-order chi connectivity index (χ0) is 26.7. The second-order valence-corrected chi connectivity index (χ2v) is 11.3. The third-order valence-electron chi connectivity index (χ3n) is 5.93. The van der Waals surface area contributed by atoms with E-state index in [0.29, 0.717) is 19.5 Å². The largest absolute Gasteiger partial charge is 0.416 e. The molecule has 0 radical (unpaired) electrons. The molecule has 1 fully saturated rings. The van der Waals surface area contributed by atoms with Gasteiger partial charge in [-0.2, -0.15) is 13.2 Å². The predicted molar refractivity (Wildman–Crippen MR) is 129 cm³/mol. The zero-order valence-electron chi connectivity index (χ0n) is 19.8. The van der Waals surface area contributed by atoms with Crippen molar-refractivity contribution in [2.45, 2.75) is 50.5 Å². The number of alkyl halides is 3. The van der Waals surface area contributed by atoms with Gasteiger partial charge in [0, 0.05) is 49.7 Å². The summed E-state index contributed by atoms with van der Waals surface area (Å²) in [4.78, 5) is 25.8. The van der Waals surface area contributed by atoms with E-state index in [0.717, 1.165) is 6.07 Å². The van der Waals surface area contributed by atoms with Crippen molar-refractivity contribution in [2.24, 2.45) is 0 Å². The molecule has 1 aliphatic rings. The van der Waals surface area contributed by atoms with Gasteiger partial charge in [0.15, 0.2) is 9.84 Å². The van der Waals surface area contributed by atoms with Gasteiger partial charge in [-0.3, -0.25) is 14.5 Å². The van der Waals surface area contributed by atoms with Crippen LogP contribution in [0.2, 0.25) is 5.02 Å². The quantitative estimate of drug-likeness (QED) is 0.526. The van der Waals surface area contributed by atoms with Crippen molar-refractivity contribution in [2.75, 3.05) is 18.8 Å². The number of carbonyl (C=O) groups excluding carboxylic acids is 2. The molecule has 2 aromatic rings. The molecular formula is C24H27ClF3N3O4S. The van der Waals surface area contributed by atoms with Gasteiger partial charge in [0.25, 0.3) is 5.91 Å². The first-order chi connectivity index (χ1) is 16.8. The van der Waals surface area contributed by atoms with Crippen molar-refractivity contribution in [1.82, 2.24) is 15.5 Å². The van der Waals surface area contributed by atoms with Gasteiger partial charge in [-0.05, 0) is 47.9 Å². The topological polar surface area (TPSA) is 95.6 Å². The summed E-state index contributed by atoms with van der Waals surface area (Å²) in [5, 5.41) is 5.53. The Bertz CT molecular complexity index is 1250. The van der Waals surface area contributed by atoms with Crippen LogP contribution in [0.25, 0.3) is 0 Å². The van der Waals surface area contributed by atoms with Crippen LogP contribution in [0.1, 0.15) is 47.3 Å². The van der Waals surface area contributed by atoms with Gasteiger partial charge in [-0.15, -0.1) is 0 Å². The fourth-order valence-electron chi connectivity index (χ4n) is 4.16. The number of hydrogen-bond acceptors (Lipinski definition) is 5. The van der Waals surface area contributed by atoms with Crippen molar-refractivity contribution in [1.29, 1.82) is 0 Å². The highest BCUT2D eigenvalue weighted by atomic mass is 35.5. The molecule has 1 aliphatic heterocycles. The number of benzene rings is 2. The van der Waals surface area contributed by atoms with Crippen molar-refractivity contribution in [3.05, 3.63) is 63.7 Å². The number of likely N-dealkylation sites (tertiary alicyclic amines) is 1. The molecule has 36 heavy (non-hydrogen) atoms. The number of amides is 2. The number of nitrogens with zero attached hydrogens (tertiary/aromatic N) is 1. The molecule has 2 amide bonds. The average molecular weight is 546 g/mol. The SMILES string of the molecule is CCS(=O)(=O)c1ccc(Cl)cc1CNC(=O)c1ccc(CN2CCC(NC(C)=O)C2)c(C(F)(F)F)c1. The minimum atomic E-state index is -4.68. The van der Waals surface area contributed by atoms with Gasteiger partial charge >= 0.3 is 6.18 Å². The first-order valence-corrected chi connectivity index (χ1v) is 13.3. The van der Waals surface area contributed by atoms with Gasteiger partial charge in [0.1, 0.15) is 0 Å². The summed E-state index contributed by atoms with van der Waals surface area (Å²) in [7, 11) is -3.60. The van der Waals surface area contributed by atoms with Crippen LogP contribution in [0.3, 0.4) is 0 Å². The van der Waals surface area contributed by atoms with E-state index in [4.69, 9.17) is 11.6 Å². The summed E-state index contributed by atoms with van der Waals surface area (Å²) in [5.41, 5.74) is -0.859. The molecule has 7 nitrogen and oxygen atoms in total. The number of carbonyl (C=O) groups is 2. The van der Waals surface area contributed by atoms with Crippen LogP contribution < -0.4 is 10.6 Å². The van der Waals surface area contributed by atoms with E-state index in [-0.39, 0.29) is 57.4 Å². The highest BCUT2D eigenvalue weighted by Gasteiger charge is 2.35. The van der Waals surface area contributed by atoms with Crippen molar-refractivity contribution in [3.8, 4) is 0 Å². The van der Waals surface area contributed by atoms with E-state index < -0.39 is 27.5 Å². The number of halogens is 4. The summed E-state index contributed by atoms with van der Waals surface area (Å²) in [6.45, 7) is 3.64. The molecule has 0 bridgehead atoms. The molecule has 0 saturated carbocycles. The van der Waals surface area contributed by atoms with Gasteiger partial charge in [0.05, 0.1) is 16.2 Å². The molecule has 196 valence electrons. The Morgan fingerprint density at radius 3 is 2.50 bits per heavy atom. The fraction of sp³-hybridized carbons (Fsp3) is 0.417. The normalized spacial score (nSPS) is 16.7. The lowest BCUT2D eigenvalue weighted by Crippen LogP contribution is -2.35. The molecule has 1 saturated heterocycles. The summed E-state index contributed by atoms with van der Waals surface area (Å²) in [5.74, 6) is -1.13. The maximum Gasteiger partial charge on any atom is 0.416 e. The predicted octanol–water partition coefficient (Wildman–Crippen LogP) is 3.79. The van der Waals surface area contributed by atoms with Crippen LogP contribution in [-0.4, -0.2) is 50.0 Å². The number of sulfone groups is 1. The highest BCUT2D eigenvalue weighted by molar-refractivity contribution is 7.91. The van der Waals surface area contributed by atoms with E-state index >= 15 is 0 Å². The van der Waals surface area contributed by atoms with E-state index in [9.17, 15) is 31.2 Å². The maximum atomic E-state index is 13.8. The smallest absolute Gasteiger partial charge is 0.352 e. The van der Waals surface area contributed by atoms with Crippen molar-refractivity contribution in [3.63, 3.8) is 0 Å². The number of hydrogen-bond donors (Lipinski definition) is 2. The number of nitrogens with one attached hydrogen (secondary N) is 2. The fourth-order valence-corrected chi connectivity index (χ4v) is 5.48. The van der Waals surface area contributed by atoms with E-state index in [1.807, 2.05) is 4.90 Å². The highest BCUT2D eigenvalue weighted by Crippen LogP contribution is 2.34. The maximum absolute atomic E-state index is 13.8. The van der Waals surface area contributed by atoms with E-state index in [1.54, 1.807) is 0 Å². The van der Waals surface area contributed by atoms with Gasteiger partial charge in [-0.25, -0.2) is 8.42 Å². The summed E-state index contributed by atoms with van der Waals surface area (Å²) < 4.78 is 66.2. The van der Waals surface area contributed by atoms with Crippen molar-refractivity contribution >= 4 is 33.3 Å². The molecule has 2 aromatic carbocycles. The lowest BCUT2D eigenvalue weighted by molar-refractivity contribution is -0.138. The van der Waals surface area contributed by atoms with E-state index in [2.05, 4.69) is 10.6 Å². The van der Waals surface area contributed by atoms with Gasteiger partial charge in [-0.1, -0.05) is 24.6 Å². The molecule has 0 aliphatic carbocycles. The van der Waals surface area contributed by atoms with Crippen LogP contribution in [-0.2, 0) is 33.9 Å². The lowest BCUT2D eigenvalue weighted by Gasteiger charge is -2.20. The molecule has 0 aromatic heterocycles. The monoisotopic (exact) mass is 545 g/mol. The van der Waals surface area contributed by atoms with Crippen LogP contribution in [0, 0.1) is 0 Å². The molecule has 0 spiro atoms. The standard InChI is InChI=1S/C24H27ClF3N3O4S/c1-3-36(34,35)22-7-6-19(25)10-18(22)12-29-23(33)16-4-5-17(21(11-16)24(26,27)28)13-31-9-8-20(14-31)30-15(2)32/h4-7,10-11,20H,3,8-9,12-14H2,1-2H3,(H,29,33)(H,30,32). The Kier molecular flexibility index (Phi) is 8.68. The first-order valence-electron chi connectivity index (χ1n) is 11.3.